The summed E-state index contributed by atoms with van der Waals surface area (Å²) in [6, 6.07) is 10.4. The van der Waals surface area contributed by atoms with Gasteiger partial charge in [0.2, 0.25) is 5.91 Å². The first-order valence-electron chi connectivity index (χ1n) is 9.34. The fourth-order valence-corrected chi connectivity index (χ4v) is 4.07. The molecule has 2 fully saturated rings. The molecule has 0 aromatic heterocycles. The summed E-state index contributed by atoms with van der Waals surface area (Å²) in [5.74, 6) is -0.410. The van der Waals surface area contributed by atoms with Gasteiger partial charge in [0, 0.05) is 13.1 Å². The molecule has 2 saturated heterocycles. The van der Waals surface area contributed by atoms with Crippen LogP contribution in [0, 0.1) is 11.8 Å². The number of carboxylic acid groups (broad SMARTS) is 1. The van der Waals surface area contributed by atoms with Crippen LogP contribution < -0.4 is 0 Å². The zero-order chi connectivity index (χ0) is 17.8. The van der Waals surface area contributed by atoms with E-state index in [0.717, 1.165) is 32.4 Å². The van der Waals surface area contributed by atoms with Crippen LogP contribution in [0.1, 0.15) is 31.7 Å². The summed E-state index contributed by atoms with van der Waals surface area (Å²) in [6.07, 6.45) is 3.92. The Morgan fingerprint density at radius 2 is 1.80 bits per heavy atom. The Morgan fingerprint density at radius 1 is 1.12 bits per heavy atom. The van der Waals surface area contributed by atoms with Crippen molar-refractivity contribution in [3.63, 3.8) is 0 Å². The highest BCUT2D eigenvalue weighted by Crippen LogP contribution is 2.24. The molecule has 2 heterocycles. The molecule has 0 aliphatic carbocycles. The molecule has 0 radical (unpaired) electrons. The Bertz CT molecular complexity index is 596. The van der Waals surface area contributed by atoms with Crippen LogP contribution in [-0.2, 0) is 16.0 Å². The molecule has 3 rings (SSSR count). The van der Waals surface area contributed by atoms with Crippen LogP contribution in [0.2, 0.25) is 0 Å². The normalized spacial score (nSPS) is 23.6. The van der Waals surface area contributed by atoms with Gasteiger partial charge in [-0.05, 0) is 57.2 Å². The molecular weight excluding hydrogens is 316 g/mol. The van der Waals surface area contributed by atoms with Gasteiger partial charge in [0.15, 0.2) is 0 Å². The third-order valence-electron chi connectivity index (χ3n) is 5.77. The van der Waals surface area contributed by atoms with Crippen molar-refractivity contribution in [3.05, 3.63) is 35.9 Å². The summed E-state index contributed by atoms with van der Waals surface area (Å²) >= 11 is 0. The third-order valence-corrected chi connectivity index (χ3v) is 5.77. The highest BCUT2D eigenvalue weighted by molar-refractivity contribution is 5.83. The molecule has 0 bridgehead atoms. The van der Waals surface area contributed by atoms with Crippen LogP contribution in [-0.4, -0.2) is 59.0 Å². The number of benzene rings is 1. The van der Waals surface area contributed by atoms with Crippen LogP contribution in [0.5, 0.6) is 0 Å². The van der Waals surface area contributed by atoms with Crippen molar-refractivity contribution in [2.75, 3.05) is 26.2 Å². The fraction of sp³-hybridized carbons (Fsp3) is 0.600. The Hall–Kier alpha value is -1.88. The average molecular weight is 344 g/mol. The smallest absolute Gasteiger partial charge is 0.308 e. The number of piperidine rings is 1. The predicted octanol–water partition coefficient (Wildman–Crippen LogP) is 2.26. The Labute approximate surface area is 149 Å². The Morgan fingerprint density at radius 3 is 2.40 bits per heavy atom. The molecule has 0 unspecified atom stereocenters. The summed E-state index contributed by atoms with van der Waals surface area (Å²) in [5.41, 5.74) is 1.39. The van der Waals surface area contributed by atoms with Gasteiger partial charge in [0.25, 0.3) is 0 Å². The van der Waals surface area contributed by atoms with Gasteiger partial charge in [-0.1, -0.05) is 30.3 Å². The number of rotatable bonds is 5. The van der Waals surface area contributed by atoms with Crippen molar-refractivity contribution in [3.8, 4) is 0 Å². The summed E-state index contributed by atoms with van der Waals surface area (Å²) in [7, 11) is 0. The molecule has 136 valence electrons. The molecule has 0 spiro atoms. The van der Waals surface area contributed by atoms with E-state index in [0.29, 0.717) is 25.4 Å². The minimum absolute atomic E-state index is 0.0882. The molecule has 2 atom stereocenters. The second-order valence-corrected chi connectivity index (χ2v) is 7.45. The molecule has 1 aromatic carbocycles. The van der Waals surface area contributed by atoms with E-state index in [9.17, 15) is 9.59 Å². The number of carbonyl (C=O) groups is 2. The molecule has 5 nitrogen and oxygen atoms in total. The number of hydrogen-bond acceptors (Lipinski definition) is 3. The van der Waals surface area contributed by atoms with E-state index in [1.165, 1.54) is 5.56 Å². The van der Waals surface area contributed by atoms with Crippen molar-refractivity contribution in [2.45, 2.75) is 38.6 Å². The maximum absolute atomic E-state index is 12.7. The summed E-state index contributed by atoms with van der Waals surface area (Å²) < 4.78 is 0. The van der Waals surface area contributed by atoms with Gasteiger partial charge >= 0.3 is 5.97 Å². The Kier molecular flexibility index (Phi) is 5.74. The Balaban J connectivity index is 1.47. The highest BCUT2D eigenvalue weighted by Gasteiger charge is 2.35. The topological polar surface area (TPSA) is 60.9 Å². The van der Waals surface area contributed by atoms with E-state index < -0.39 is 11.9 Å². The molecule has 2 aliphatic heterocycles. The maximum atomic E-state index is 12.7. The molecule has 1 aromatic rings. The lowest BCUT2D eigenvalue weighted by Crippen LogP contribution is -2.49. The van der Waals surface area contributed by atoms with E-state index in [1.807, 2.05) is 13.0 Å². The van der Waals surface area contributed by atoms with Gasteiger partial charge < -0.3 is 10.0 Å². The van der Waals surface area contributed by atoms with Crippen LogP contribution in [0.25, 0.3) is 0 Å². The van der Waals surface area contributed by atoms with Crippen molar-refractivity contribution >= 4 is 11.9 Å². The number of likely N-dealkylation sites (tertiary alicyclic amines) is 2. The van der Waals surface area contributed by atoms with Crippen LogP contribution in [0.4, 0.5) is 0 Å². The summed E-state index contributed by atoms with van der Waals surface area (Å²) in [6.45, 7) is 4.79. The zero-order valence-electron chi connectivity index (χ0n) is 14.9. The summed E-state index contributed by atoms with van der Waals surface area (Å²) in [4.78, 5) is 27.8. The van der Waals surface area contributed by atoms with E-state index in [-0.39, 0.29) is 11.9 Å². The van der Waals surface area contributed by atoms with Crippen LogP contribution >= 0.6 is 0 Å². The standard InChI is InChI=1S/C20H28N2O3/c1-15(19(23)22-12-9-18(14-22)20(24)25)21-10-7-17(8-11-21)13-16-5-3-2-4-6-16/h2-6,15,17-18H,7-14H2,1H3,(H,24,25)/t15-,18+/m0/s1. The first-order chi connectivity index (χ1) is 12.0. The maximum Gasteiger partial charge on any atom is 0.308 e. The van der Waals surface area contributed by atoms with Gasteiger partial charge in [-0.2, -0.15) is 0 Å². The number of amides is 1. The molecular formula is C20H28N2O3. The van der Waals surface area contributed by atoms with Gasteiger partial charge in [-0.15, -0.1) is 0 Å². The van der Waals surface area contributed by atoms with Crippen molar-refractivity contribution in [2.24, 2.45) is 11.8 Å². The highest BCUT2D eigenvalue weighted by atomic mass is 16.4. The predicted molar refractivity (Wildman–Crippen MR) is 96.2 cm³/mol. The number of carbonyl (C=O) groups excluding carboxylic acids is 1. The van der Waals surface area contributed by atoms with Gasteiger partial charge in [0.05, 0.1) is 12.0 Å². The second-order valence-electron chi connectivity index (χ2n) is 7.45. The van der Waals surface area contributed by atoms with Gasteiger partial charge in [-0.25, -0.2) is 0 Å². The third kappa shape index (κ3) is 4.40. The number of nitrogens with zero attached hydrogens (tertiary/aromatic N) is 2. The van der Waals surface area contributed by atoms with Gasteiger partial charge in [0.1, 0.15) is 0 Å². The minimum atomic E-state index is -0.787. The lowest BCUT2D eigenvalue weighted by atomic mass is 9.89. The molecule has 25 heavy (non-hydrogen) atoms. The molecule has 5 heteroatoms. The fourth-order valence-electron chi connectivity index (χ4n) is 4.07. The molecule has 0 saturated carbocycles. The quantitative estimate of drug-likeness (QED) is 0.890. The second kappa shape index (κ2) is 8.00. The van der Waals surface area contributed by atoms with E-state index >= 15 is 0 Å². The largest absolute Gasteiger partial charge is 0.481 e. The SMILES string of the molecule is C[C@@H](C(=O)N1CC[C@@H](C(=O)O)C1)N1CCC(Cc2ccccc2)CC1. The summed E-state index contributed by atoms with van der Waals surface area (Å²) in [5, 5.41) is 9.10. The number of hydrogen-bond donors (Lipinski definition) is 1. The molecule has 1 N–H and O–H groups in total. The molecule has 1 amide bonds. The van der Waals surface area contributed by atoms with E-state index in [1.54, 1.807) is 4.90 Å². The van der Waals surface area contributed by atoms with Crippen molar-refractivity contribution in [1.29, 1.82) is 0 Å². The first kappa shape index (κ1) is 17.9. The van der Waals surface area contributed by atoms with Crippen molar-refractivity contribution in [1.82, 2.24) is 9.80 Å². The van der Waals surface area contributed by atoms with Crippen LogP contribution in [0.3, 0.4) is 0 Å². The minimum Gasteiger partial charge on any atom is -0.481 e. The number of aliphatic carboxylic acids is 1. The molecule has 2 aliphatic rings. The van der Waals surface area contributed by atoms with Crippen molar-refractivity contribution < 1.29 is 14.7 Å². The van der Waals surface area contributed by atoms with Gasteiger partial charge in [-0.3, -0.25) is 14.5 Å². The monoisotopic (exact) mass is 344 g/mol. The lowest BCUT2D eigenvalue weighted by molar-refractivity contribution is -0.141. The van der Waals surface area contributed by atoms with Crippen LogP contribution in [0.15, 0.2) is 30.3 Å². The first-order valence-corrected chi connectivity index (χ1v) is 9.34. The number of carboxylic acids is 1. The van der Waals surface area contributed by atoms with E-state index in [2.05, 4.69) is 29.2 Å². The van der Waals surface area contributed by atoms with E-state index in [4.69, 9.17) is 5.11 Å². The average Bonchev–Trinajstić information content (AvgIpc) is 3.12. The lowest BCUT2D eigenvalue weighted by Gasteiger charge is -2.36. The zero-order valence-corrected chi connectivity index (χ0v) is 14.9.